The molecule has 2 aliphatic heterocycles. The fourth-order valence-corrected chi connectivity index (χ4v) is 5.51. The van der Waals surface area contributed by atoms with Crippen LogP contribution < -0.4 is 15.0 Å². The molecule has 0 unspecified atom stereocenters. The molecule has 6 nitrogen and oxygen atoms in total. The zero-order valence-corrected chi connectivity index (χ0v) is 19.9. The predicted octanol–water partition coefficient (Wildman–Crippen LogP) is 4.23. The minimum atomic E-state index is -0.608. The van der Waals surface area contributed by atoms with Crippen LogP contribution in [0.4, 0.5) is 5.69 Å². The SMILES string of the molecule is O=C(CN1C[C@@H](C(=O)N2CCCCC2)Oc2ccccc21)N[C@H](c1ccccc1)c1cccs1. The van der Waals surface area contributed by atoms with Gasteiger partial charge in [-0.1, -0.05) is 48.5 Å². The van der Waals surface area contributed by atoms with Crippen molar-refractivity contribution >= 4 is 28.8 Å². The normalized spacial score (nSPS) is 18.5. The monoisotopic (exact) mass is 475 g/mol. The lowest BCUT2D eigenvalue weighted by Gasteiger charge is -2.38. The molecule has 34 heavy (non-hydrogen) atoms. The number of hydrogen-bond acceptors (Lipinski definition) is 5. The van der Waals surface area contributed by atoms with Crippen LogP contribution in [0.25, 0.3) is 0 Å². The molecule has 7 heteroatoms. The number of para-hydroxylation sites is 2. The first kappa shape index (κ1) is 22.5. The first-order valence-corrected chi connectivity index (χ1v) is 12.7. The van der Waals surface area contributed by atoms with Crippen molar-refractivity contribution in [2.45, 2.75) is 31.4 Å². The summed E-state index contributed by atoms with van der Waals surface area (Å²) in [6.45, 7) is 2.06. The van der Waals surface area contributed by atoms with E-state index >= 15 is 0 Å². The number of piperidine rings is 1. The van der Waals surface area contributed by atoms with Crippen LogP contribution in [0.5, 0.6) is 5.75 Å². The number of rotatable bonds is 6. The largest absolute Gasteiger partial charge is 0.477 e. The van der Waals surface area contributed by atoms with E-state index in [4.69, 9.17) is 4.74 Å². The molecule has 0 aliphatic carbocycles. The molecular weight excluding hydrogens is 446 g/mol. The van der Waals surface area contributed by atoms with Gasteiger partial charge in [-0.05, 0) is 48.4 Å². The van der Waals surface area contributed by atoms with Crippen LogP contribution in [0.3, 0.4) is 0 Å². The number of amides is 2. The zero-order valence-electron chi connectivity index (χ0n) is 19.1. The van der Waals surface area contributed by atoms with Gasteiger partial charge in [0.1, 0.15) is 5.75 Å². The van der Waals surface area contributed by atoms with Gasteiger partial charge in [-0.15, -0.1) is 11.3 Å². The molecule has 1 N–H and O–H groups in total. The summed E-state index contributed by atoms with van der Waals surface area (Å²) >= 11 is 1.62. The van der Waals surface area contributed by atoms with Crippen molar-refractivity contribution in [2.75, 3.05) is 31.1 Å². The maximum Gasteiger partial charge on any atom is 0.265 e. The van der Waals surface area contributed by atoms with E-state index in [0.717, 1.165) is 48.5 Å². The number of carbonyl (C=O) groups excluding carboxylic acids is 2. The van der Waals surface area contributed by atoms with Crippen molar-refractivity contribution in [2.24, 2.45) is 0 Å². The highest BCUT2D eigenvalue weighted by Crippen LogP contribution is 2.34. The highest BCUT2D eigenvalue weighted by atomic mass is 32.1. The average Bonchev–Trinajstić information content (AvgIpc) is 3.42. The maximum atomic E-state index is 13.3. The van der Waals surface area contributed by atoms with E-state index in [-0.39, 0.29) is 24.4 Å². The van der Waals surface area contributed by atoms with Crippen LogP contribution in [0, 0.1) is 0 Å². The first-order valence-electron chi connectivity index (χ1n) is 11.9. The third-order valence-corrected chi connectivity index (χ3v) is 7.34. The Kier molecular flexibility index (Phi) is 6.81. The van der Waals surface area contributed by atoms with Crippen LogP contribution in [-0.4, -0.2) is 49.0 Å². The molecule has 1 aromatic heterocycles. The van der Waals surface area contributed by atoms with Crippen molar-refractivity contribution in [3.8, 4) is 5.75 Å². The topological polar surface area (TPSA) is 61.9 Å². The molecule has 2 atom stereocenters. The zero-order chi connectivity index (χ0) is 23.3. The molecule has 5 rings (SSSR count). The van der Waals surface area contributed by atoms with Crippen molar-refractivity contribution in [1.82, 2.24) is 10.2 Å². The van der Waals surface area contributed by atoms with Gasteiger partial charge in [-0.3, -0.25) is 9.59 Å². The van der Waals surface area contributed by atoms with Crippen LogP contribution >= 0.6 is 11.3 Å². The summed E-state index contributed by atoms with van der Waals surface area (Å²) in [6.07, 6.45) is 2.62. The Morgan fingerprint density at radius 1 is 0.971 bits per heavy atom. The van der Waals surface area contributed by atoms with Gasteiger partial charge in [0.15, 0.2) is 6.10 Å². The number of carbonyl (C=O) groups is 2. The highest BCUT2D eigenvalue weighted by Gasteiger charge is 2.34. The number of nitrogens with zero attached hydrogens (tertiary/aromatic N) is 2. The van der Waals surface area contributed by atoms with E-state index in [1.165, 1.54) is 0 Å². The van der Waals surface area contributed by atoms with Gasteiger partial charge >= 0.3 is 0 Å². The molecule has 2 aromatic carbocycles. The third-order valence-electron chi connectivity index (χ3n) is 6.40. The van der Waals surface area contributed by atoms with E-state index in [1.54, 1.807) is 11.3 Å². The molecule has 1 fully saturated rings. The van der Waals surface area contributed by atoms with Crippen molar-refractivity contribution in [1.29, 1.82) is 0 Å². The van der Waals surface area contributed by atoms with Crippen LogP contribution in [-0.2, 0) is 9.59 Å². The Labute approximate surface area is 204 Å². The number of fused-ring (bicyclic) bond motifs is 1. The van der Waals surface area contributed by atoms with Gasteiger partial charge in [0.25, 0.3) is 5.91 Å². The molecule has 0 spiro atoms. The number of thiophene rings is 1. The number of ether oxygens (including phenoxy) is 1. The van der Waals surface area contributed by atoms with Crippen molar-refractivity contribution in [3.05, 3.63) is 82.6 Å². The Bertz CT molecular complexity index is 1110. The van der Waals surface area contributed by atoms with Crippen LogP contribution in [0.1, 0.15) is 35.7 Å². The smallest absolute Gasteiger partial charge is 0.265 e. The maximum absolute atomic E-state index is 13.3. The standard InChI is InChI=1S/C27H29N3O3S/c31-25(28-26(24-14-9-17-34-24)20-10-3-1-4-11-20)19-30-18-23(27(32)29-15-7-2-8-16-29)33-22-13-6-5-12-21(22)30/h1,3-6,9-14,17,23,26H,2,7-8,15-16,18-19H2,(H,28,31)/t23-,26+/m0/s1. The van der Waals surface area contributed by atoms with Gasteiger partial charge in [0.2, 0.25) is 5.91 Å². The van der Waals surface area contributed by atoms with Gasteiger partial charge in [-0.2, -0.15) is 0 Å². The molecule has 0 radical (unpaired) electrons. The second-order valence-electron chi connectivity index (χ2n) is 8.77. The van der Waals surface area contributed by atoms with Gasteiger partial charge in [-0.25, -0.2) is 0 Å². The molecule has 1 saturated heterocycles. The molecule has 3 heterocycles. The summed E-state index contributed by atoms with van der Waals surface area (Å²) in [5.41, 5.74) is 1.88. The molecule has 3 aromatic rings. The molecule has 2 aliphatic rings. The molecule has 176 valence electrons. The Hall–Kier alpha value is -3.32. The Morgan fingerprint density at radius 2 is 1.74 bits per heavy atom. The van der Waals surface area contributed by atoms with Crippen LogP contribution in [0.2, 0.25) is 0 Å². The lowest BCUT2D eigenvalue weighted by molar-refractivity contribution is -0.139. The molecular formula is C27H29N3O3S. The lowest BCUT2D eigenvalue weighted by atomic mass is 10.1. The van der Waals surface area contributed by atoms with E-state index in [0.29, 0.717) is 12.3 Å². The van der Waals surface area contributed by atoms with Gasteiger partial charge in [0, 0.05) is 18.0 Å². The first-order chi connectivity index (χ1) is 16.7. The second-order valence-corrected chi connectivity index (χ2v) is 9.75. The highest BCUT2D eigenvalue weighted by molar-refractivity contribution is 7.10. The number of nitrogens with one attached hydrogen (secondary N) is 1. The van der Waals surface area contributed by atoms with Crippen molar-refractivity contribution < 1.29 is 14.3 Å². The van der Waals surface area contributed by atoms with E-state index in [2.05, 4.69) is 5.32 Å². The fraction of sp³-hybridized carbons (Fsp3) is 0.333. The summed E-state index contributed by atoms with van der Waals surface area (Å²) in [5, 5.41) is 5.24. The summed E-state index contributed by atoms with van der Waals surface area (Å²) in [7, 11) is 0. The van der Waals surface area contributed by atoms with Gasteiger partial charge in [0.05, 0.1) is 24.8 Å². The lowest BCUT2D eigenvalue weighted by Crippen LogP contribution is -2.53. The minimum absolute atomic E-state index is 0.0142. The number of hydrogen-bond donors (Lipinski definition) is 1. The molecule has 2 amide bonds. The molecule has 0 bridgehead atoms. The van der Waals surface area contributed by atoms with E-state index in [9.17, 15) is 9.59 Å². The fourth-order valence-electron chi connectivity index (χ4n) is 4.70. The second kappa shape index (κ2) is 10.3. The third kappa shape index (κ3) is 4.94. The summed E-state index contributed by atoms with van der Waals surface area (Å²) in [5.74, 6) is 0.568. The van der Waals surface area contributed by atoms with Gasteiger partial charge < -0.3 is 19.9 Å². The van der Waals surface area contributed by atoms with E-state index < -0.39 is 6.10 Å². The predicted molar refractivity (Wildman–Crippen MR) is 134 cm³/mol. The average molecular weight is 476 g/mol. The Balaban J connectivity index is 1.33. The quantitative estimate of drug-likeness (QED) is 0.580. The number of likely N-dealkylation sites (tertiary alicyclic amines) is 1. The van der Waals surface area contributed by atoms with Crippen molar-refractivity contribution in [3.63, 3.8) is 0 Å². The summed E-state index contributed by atoms with van der Waals surface area (Å²) in [6, 6.07) is 21.5. The Morgan fingerprint density at radius 3 is 2.50 bits per heavy atom. The minimum Gasteiger partial charge on any atom is -0.477 e. The molecule has 0 saturated carbocycles. The number of anilines is 1. The summed E-state index contributed by atoms with van der Waals surface area (Å²) in [4.78, 5) is 31.4. The summed E-state index contributed by atoms with van der Waals surface area (Å²) < 4.78 is 6.11. The van der Waals surface area contributed by atoms with E-state index in [1.807, 2.05) is 81.9 Å². The number of benzene rings is 2. The van der Waals surface area contributed by atoms with Crippen LogP contribution in [0.15, 0.2) is 72.1 Å².